The Morgan fingerprint density at radius 3 is 2.49 bits per heavy atom. The van der Waals surface area contributed by atoms with E-state index in [1.165, 1.54) is 16.2 Å². The highest BCUT2D eigenvalue weighted by Crippen LogP contribution is 2.49. The lowest BCUT2D eigenvalue weighted by molar-refractivity contribution is -0.154. The van der Waals surface area contributed by atoms with E-state index in [9.17, 15) is 19.5 Å². The van der Waals surface area contributed by atoms with E-state index < -0.39 is 35.2 Å². The molecule has 1 amide bonds. The normalized spacial score (nSPS) is 22.7. The molecule has 1 N–H and O–H groups in total. The van der Waals surface area contributed by atoms with Gasteiger partial charge in [-0.3, -0.25) is 9.59 Å². The third-order valence-electron chi connectivity index (χ3n) is 6.32. The Morgan fingerprint density at radius 2 is 2.00 bits per heavy atom. The molecule has 1 aromatic carbocycles. The highest BCUT2D eigenvalue weighted by atomic mass is 35.5. The van der Waals surface area contributed by atoms with Crippen LogP contribution >= 0.6 is 22.9 Å². The summed E-state index contributed by atoms with van der Waals surface area (Å²) in [6, 6.07) is 4.13. The molecule has 1 saturated heterocycles. The minimum atomic E-state index is -2.04. The summed E-state index contributed by atoms with van der Waals surface area (Å²) in [7, 11) is 0. The van der Waals surface area contributed by atoms with E-state index in [2.05, 4.69) is 4.98 Å². The van der Waals surface area contributed by atoms with Crippen LogP contribution in [-0.2, 0) is 19.7 Å². The van der Waals surface area contributed by atoms with Crippen LogP contribution < -0.4 is 0 Å². The first-order valence-electron chi connectivity index (χ1n) is 11.7. The van der Waals surface area contributed by atoms with Crippen LogP contribution in [0.3, 0.4) is 0 Å². The van der Waals surface area contributed by atoms with Gasteiger partial charge in [0, 0.05) is 28.8 Å². The lowest BCUT2D eigenvalue weighted by Gasteiger charge is -2.37. The SMILES string of the molecule is CCOC[C@H]1C(=O)[C@@](CC(C)C)(C(=O)O)N(C(=O)c2ccc(C(C)(C)C)c(Cl)c2)[C@H]1c1nccs1. The maximum atomic E-state index is 14.1. The van der Waals surface area contributed by atoms with Crippen molar-refractivity contribution in [2.24, 2.45) is 11.8 Å². The average molecular weight is 521 g/mol. The van der Waals surface area contributed by atoms with Crippen molar-refractivity contribution in [3.8, 4) is 0 Å². The summed E-state index contributed by atoms with van der Waals surface area (Å²) in [5.41, 5.74) is -1.19. The molecule has 3 rings (SSSR count). The van der Waals surface area contributed by atoms with Crippen molar-refractivity contribution < 1.29 is 24.2 Å². The number of nitrogens with zero attached hydrogens (tertiary/aromatic N) is 2. The largest absolute Gasteiger partial charge is 0.479 e. The van der Waals surface area contributed by atoms with Gasteiger partial charge >= 0.3 is 5.97 Å². The molecular weight excluding hydrogens is 488 g/mol. The number of aliphatic carboxylic acids is 1. The second-order valence-corrected chi connectivity index (χ2v) is 11.7. The molecule has 3 atom stereocenters. The molecule has 2 aromatic rings. The number of carboxylic acids is 1. The molecule has 190 valence electrons. The number of likely N-dealkylation sites (tertiary alicyclic amines) is 1. The van der Waals surface area contributed by atoms with Gasteiger partial charge in [-0.1, -0.05) is 52.3 Å². The van der Waals surface area contributed by atoms with Crippen LogP contribution in [0.25, 0.3) is 0 Å². The Balaban J connectivity index is 2.24. The smallest absolute Gasteiger partial charge is 0.337 e. The van der Waals surface area contributed by atoms with Crippen molar-refractivity contribution in [2.45, 2.75) is 65.0 Å². The monoisotopic (exact) mass is 520 g/mol. The zero-order valence-corrected chi connectivity index (χ0v) is 22.6. The Bertz CT molecular complexity index is 1100. The zero-order chi connectivity index (χ0) is 26.1. The molecule has 0 saturated carbocycles. The number of ketones is 1. The Morgan fingerprint density at radius 1 is 1.31 bits per heavy atom. The molecule has 0 radical (unpaired) electrons. The van der Waals surface area contributed by atoms with E-state index >= 15 is 0 Å². The minimum absolute atomic E-state index is 0.000202. The van der Waals surface area contributed by atoms with E-state index in [1.807, 2.05) is 34.6 Å². The first-order chi connectivity index (χ1) is 16.4. The number of hydrogen-bond acceptors (Lipinski definition) is 6. The van der Waals surface area contributed by atoms with Gasteiger partial charge in [0.15, 0.2) is 5.78 Å². The second-order valence-electron chi connectivity index (χ2n) is 10.3. The van der Waals surface area contributed by atoms with Gasteiger partial charge in [-0.05, 0) is 42.4 Å². The van der Waals surface area contributed by atoms with Gasteiger partial charge in [0.05, 0.1) is 18.6 Å². The van der Waals surface area contributed by atoms with Gasteiger partial charge in [-0.2, -0.15) is 0 Å². The van der Waals surface area contributed by atoms with Crippen molar-refractivity contribution in [2.75, 3.05) is 13.2 Å². The van der Waals surface area contributed by atoms with Crippen molar-refractivity contribution in [3.63, 3.8) is 0 Å². The van der Waals surface area contributed by atoms with Crippen molar-refractivity contribution >= 4 is 40.6 Å². The van der Waals surface area contributed by atoms with Crippen LogP contribution in [0.5, 0.6) is 0 Å². The summed E-state index contributed by atoms with van der Waals surface area (Å²) < 4.78 is 5.60. The first-order valence-corrected chi connectivity index (χ1v) is 13.0. The summed E-state index contributed by atoms with van der Waals surface area (Å²) in [6.45, 7) is 11.9. The molecular formula is C26H33ClN2O5S. The van der Waals surface area contributed by atoms with Crippen LogP contribution in [0.2, 0.25) is 5.02 Å². The molecule has 0 bridgehead atoms. The first kappa shape index (κ1) is 27.3. The zero-order valence-electron chi connectivity index (χ0n) is 21.0. The summed E-state index contributed by atoms with van der Waals surface area (Å²) in [5.74, 6) is -3.47. The topological polar surface area (TPSA) is 96.8 Å². The third kappa shape index (κ3) is 5.01. The Kier molecular flexibility index (Phi) is 8.09. The number of benzene rings is 1. The molecule has 7 nitrogen and oxygen atoms in total. The van der Waals surface area contributed by atoms with Gasteiger partial charge in [0.25, 0.3) is 5.91 Å². The number of Topliss-reactive ketones (excluding diaryl/α,β-unsaturated/α-hetero) is 1. The maximum Gasteiger partial charge on any atom is 0.337 e. The molecule has 1 fully saturated rings. The van der Waals surface area contributed by atoms with Crippen LogP contribution in [0.4, 0.5) is 0 Å². The highest BCUT2D eigenvalue weighted by molar-refractivity contribution is 7.09. The van der Waals surface area contributed by atoms with Crippen molar-refractivity contribution in [3.05, 3.63) is 50.9 Å². The van der Waals surface area contributed by atoms with Gasteiger partial charge in [-0.25, -0.2) is 9.78 Å². The predicted octanol–water partition coefficient (Wildman–Crippen LogP) is 5.38. The molecule has 35 heavy (non-hydrogen) atoms. The van der Waals surface area contributed by atoms with Crippen molar-refractivity contribution in [1.82, 2.24) is 9.88 Å². The summed E-state index contributed by atoms with van der Waals surface area (Å²) >= 11 is 7.84. The van der Waals surface area contributed by atoms with E-state index in [0.29, 0.717) is 16.6 Å². The number of thiazole rings is 1. The third-order valence-corrected chi connectivity index (χ3v) is 7.48. The number of rotatable bonds is 8. The summed E-state index contributed by atoms with van der Waals surface area (Å²) in [6.07, 6.45) is 1.56. The van der Waals surface area contributed by atoms with Crippen LogP contribution in [0.15, 0.2) is 29.8 Å². The number of carboxylic acid groups (broad SMARTS) is 1. The van der Waals surface area contributed by atoms with Crippen molar-refractivity contribution in [1.29, 1.82) is 0 Å². The molecule has 0 spiro atoms. The van der Waals surface area contributed by atoms with Gasteiger partial charge in [0.2, 0.25) is 5.54 Å². The molecule has 1 aromatic heterocycles. The highest BCUT2D eigenvalue weighted by Gasteiger charge is 2.66. The second kappa shape index (κ2) is 10.4. The van der Waals surface area contributed by atoms with E-state index in [1.54, 1.807) is 36.7 Å². The van der Waals surface area contributed by atoms with Gasteiger partial charge < -0.3 is 14.7 Å². The lowest BCUT2D eigenvalue weighted by atomic mass is 9.82. The average Bonchev–Trinajstić information content (AvgIpc) is 3.36. The number of amides is 1. The fraction of sp³-hybridized carbons (Fsp3) is 0.538. The lowest BCUT2D eigenvalue weighted by Crippen LogP contribution is -2.58. The number of hydrogen-bond donors (Lipinski definition) is 1. The quantitative estimate of drug-likeness (QED) is 0.469. The molecule has 0 aliphatic carbocycles. The molecule has 9 heteroatoms. The molecule has 2 heterocycles. The number of carbonyl (C=O) groups is 3. The van der Waals surface area contributed by atoms with E-state index in [4.69, 9.17) is 16.3 Å². The fourth-order valence-electron chi connectivity index (χ4n) is 4.84. The maximum absolute atomic E-state index is 14.1. The Hall–Kier alpha value is -2.29. The Labute approximate surface area is 215 Å². The summed E-state index contributed by atoms with van der Waals surface area (Å²) in [4.78, 5) is 46.6. The van der Waals surface area contributed by atoms with Gasteiger partial charge in [-0.15, -0.1) is 11.3 Å². The van der Waals surface area contributed by atoms with Gasteiger partial charge in [0.1, 0.15) is 5.01 Å². The van der Waals surface area contributed by atoms with Crippen LogP contribution in [0, 0.1) is 11.8 Å². The molecule has 1 aliphatic heterocycles. The minimum Gasteiger partial charge on any atom is -0.479 e. The number of ether oxygens (including phenoxy) is 1. The standard InChI is InChI=1S/C26H33ClN2O5S/c1-7-34-14-17-20(22-28-10-11-35-22)29(26(21(17)30,24(32)33)13-15(2)3)23(31)16-8-9-18(19(27)12-16)25(4,5)6/h8-12,15,17,20H,7,13-14H2,1-6H3,(H,32,33)/t17-,20-,26+/m1/s1. The molecule has 0 unspecified atom stereocenters. The van der Waals surface area contributed by atoms with Crippen LogP contribution in [-0.4, -0.2) is 51.4 Å². The van der Waals surface area contributed by atoms with E-state index in [-0.39, 0.29) is 29.9 Å². The summed E-state index contributed by atoms with van der Waals surface area (Å²) in [5, 5.41) is 13.2. The number of halogens is 1. The predicted molar refractivity (Wildman–Crippen MR) is 136 cm³/mol. The van der Waals surface area contributed by atoms with Crippen LogP contribution in [0.1, 0.15) is 74.9 Å². The van der Waals surface area contributed by atoms with E-state index in [0.717, 1.165) is 5.56 Å². The number of aromatic nitrogens is 1. The number of carbonyl (C=O) groups excluding carboxylic acids is 2. The fourth-order valence-corrected chi connectivity index (χ4v) is 6.10. The molecule has 1 aliphatic rings.